The van der Waals surface area contributed by atoms with Gasteiger partial charge in [-0.1, -0.05) is 13.0 Å². The van der Waals surface area contributed by atoms with E-state index in [4.69, 9.17) is 5.73 Å². The molecule has 0 bridgehead atoms. The van der Waals surface area contributed by atoms with Crippen molar-refractivity contribution < 1.29 is 4.79 Å². The van der Waals surface area contributed by atoms with Gasteiger partial charge in [-0.2, -0.15) is 5.10 Å². The van der Waals surface area contributed by atoms with Crippen LogP contribution in [0, 0.1) is 0 Å². The summed E-state index contributed by atoms with van der Waals surface area (Å²) in [5.41, 5.74) is 7.49. The van der Waals surface area contributed by atoms with Gasteiger partial charge < -0.3 is 11.1 Å². The van der Waals surface area contributed by atoms with Crippen LogP contribution < -0.4 is 11.1 Å². The largest absolute Gasteiger partial charge is 0.364 e. The van der Waals surface area contributed by atoms with Crippen molar-refractivity contribution in [3.63, 3.8) is 0 Å². The molecule has 0 spiro atoms. The Labute approximate surface area is 119 Å². The van der Waals surface area contributed by atoms with Gasteiger partial charge in [0.25, 0.3) is 5.91 Å². The number of hydrogen-bond acceptors (Lipinski definition) is 3. The highest BCUT2D eigenvalue weighted by Gasteiger charge is 2.08. The molecule has 2 aromatic rings. The lowest BCUT2D eigenvalue weighted by atomic mass is 10.2. The van der Waals surface area contributed by atoms with Crippen LogP contribution in [0.4, 0.5) is 0 Å². The van der Waals surface area contributed by atoms with Gasteiger partial charge in [-0.15, -0.1) is 0 Å². The summed E-state index contributed by atoms with van der Waals surface area (Å²) in [6.07, 6.45) is 1.71. The number of halogens is 1. The molecule has 1 heterocycles. The Kier molecular flexibility index (Phi) is 4.34. The Morgan fingerprint density at radius 2 is 2.26 bits per heavy atom. The fraction of sp³-hybridized carbons (Fsp3) is 0.231. The van der Waals surface area contributed by atoms with Gasteiger partial charge in [-0.25, -0.2) is 4.68 Å². The van der Waals surface area contributed by atoms with Gasteiger partial charge in [0.15, 0.2) is 0 Å². The van der Waals surface area contributed by atoms with E-state index in [1.165, 1.54) is 5.56 Å². The van der Waals surface area contributed by atoms with Crippen LogP contribution in [-0.2, 0) is 6.54 Å². The first kappa shape index (κ1) is 13.8. The molecule has 3 N–H and O–H groups in total. The highest BCUT2D eigenvalue weighted by Crippen LogP contribution is 2.22. The molecule has 100 valence electrons. The van der Waals surface area contributed by atoms with Crippen LogP contribution in [0.5, 0.6) is 0 Å². The summed E-state index contributed by atoms with van der Waals surface area (Å²) < 4.78 is 2.54. The SMILES string of the molecule is CCNCc1ccc(-n2ccc(C(N)=O)n2)c(Br)c1. The van der Waals surface area contributed by atoms with E-state index in [2.05, 4.69) is 33.3 Å². The van der Waals surface area contributed by atoms with E-state index in [-0.39, 0.29) is 5.69 Å². The minimum atomic E-state index is -0.529. The summed E-state index contributed by atoms with van der Waals surface area (Å²) in [5, 5.41) is 7.39. The normalized spacial score (nSPS) is 10.6. The zero-order valence-corrected chi connectivity index (χ0v) is 12.1. The first-order valence-electron chi connectivity index (χ1n) is 5.97. The van der Waals surface area contributed by atoms with Crippen molar-refractivity contribution in [3.05, 3.63) is 46.2 Å². The number of hydrogen-bond donors (Lipinski definition) is 2. The first-order valence-corrected chi connectivity index (χ1v) is 6.76. The second kappa shape index (κ2) is 5.99. The minimum absolute atomic E-state index is 0.253. The van der Waals surface area contributed by atoms with Gasteiger partial charge >= 0.3 is 0 Å². The lowest BCUT2D eigenvalue weighted by molar-refractivity contribution is 0.0995. The summed E-state index contributed by atoms with van der Waals surface area (Å²) in [7, 11) is 0. The molecule has 0 atom stereocenters. The summed E-state index contributed by atoms with van der Waals surface area (Å²) in [6.45, 7) is 3.82. The van der Waals surface area contributed by atoms with E-state index in [1.54, 1.807) is 16.9 Å². The van der Waals surface area contributed by atoms with Crippen LogP contribution in [0.2, 0.25) is 0 Å². The van der Waals surface area contributed by atoms with Crippen LogP contribution in [0.15, 0.2) is 34.9 Å². The Morgan fingerprint density at radius 1 is 1.47 bits per heavy atom. The van der Waals surface area contributed by atoms with Gasteiger partial charge in [-0.05, 0) is 46.2 Å². The van der Waals surface area contributed by atoms with Crippen molar-refractivity contribution in [3.8, 4) is 5.69 Å². The average molecular weight is 323 g/mol. The van der Waals surface area contributed by atoms with Crippen molar-refractivity contribution in [1.29, 1.82) is 0 Å². The molecule has 19 heavy (non-hydrogen) atoms. The Balaban J connectivity index is 2.26. The first-order chi connectivity index (χ1) is 9.11. The number of nitrogens with zero attached hydrogens (tertiary/aromatic N) is 2. The molecule has 1 aromatic heterocycles. The second-order valence-corrected chi connectivity index (χ2v) is 4.93. The molecular weight excluding hydrogens is 308 g/mol. The molecule has 1 amide bonds. The number of nitrogens with one attached hydrogen (secondary N) is 1. The number of nitrogens with two attached hydrogens (primary N) is 1. The molecule has 0 fully saturated rings. The zero-order chi connectivity index (χ0) is 13.8. The third kappa shape index (κ3) is 3.21. The lowest BCUT2D eigenvalue weighted by Gasteiger charge is -2.08. The van der Waals surface area contributed by atoms with Crippen LogP contribution in [0.1, 0.15) is 23.0 Å². The molecule has 1 aromatic carbocycles. The van der Waals surface area contributed by atoms with Crippen molar-refractivity contribution in [2.75, 3.05) is 6.54 Å². The fourth-order valence-electron chi connectivity index (χ4n) is 1.71. The molecular formula is C13H15BrN4O. The highest BCUT2D eigenvalue weighted by atomic mass is 79.9. The van der Waals surface area contributed by atoms with Crippen LogP contribution in [0.3, 0.4) is 0 Å². The topological polar surface area (TPSA) is 72.9 Å². The third-order valence-electron chi connectivity index (χ3n) is 2.68. The number of carbonyl (C=O) groups excluding carboxylic acids is 1. The lowest BCUT2D eigenvalue weighted by Crippen LogP contribution is -2.13. The second-order valence-electron chi connectivity index (χ2n) is 4.08. The van der Waals surface area contributed by atoms with Crippen molar-refractivity contribution >= 4 is 21.8 Å². The predicted octanol–water partition coefficient (Wildman–Crippen LogP) is 1.84. The summed E-state index contributed by atoms with van der Waals surface area (Å²) in [4.78, 5) is 11.0. The van der Waals surface area contributed by atoms with Gasteiger partial charge in [0.05, 0.1) is 5.69 Å². The van der Waals surface area contributed by atoms with Gasteiger partial charge in [-0.3, -0.25) is 4.79 Å². The maximum Gasteiger partial charge on any atom is 0.269 e. The van der Waals surface area contributed by atoms with E-state index in [0.717, 1.165) is 23.2 Å². The molecule has 0 unspecified atom stereocenters. The number of carbonyl (C=O) groups is 1. The molecule has 0 aliphatic carbocycles. The van der Waals surface area contributed by atoms with E-state index in [9.17, 15) is 4.79 Å². The maximum absolute atomic E-state index is 11.0. The van der Waals surface area contributed by atoms with E-state index in [0.29, 0.717) is 0 Å². The van der Waals surface area contributed by atoms with Crippen molar-refractivity contribution in [2.24, 2.45) is 5.73 Å². The Hall–Kier alpha value is -1.66. The summed E-state index contributed by atoms with van der Waals surface area (Å²) in [5.74, 6) is -0.529. The zero-order valence-electron chi connectivity index (χ0n) is 10.6. The molecule has 0 aliphatic rings. The molecule has 2 rings (SSSR count). The fourth-order valence-corrected chi connectivity index (χ4v) is 2.31. The smallest absolute Gasteiger partial charge is 0.269 e. The van der Waals surface area contributed by atoms with Gasteiger partial charge in [0.2, 0.25) is 0 Å². The van der Waals surface area contributed by atoms with E-state index in [1.807, 2.05) is 18.2 Å². The Bertz CT molecular complexity index is 594. The maximum atomic E-state index is 11.0. The van der Waals surface area contributed by atoms with Crippen molar-refractivity contribution in [1.82, 2.24) is 15.1 Å². The van der Waals surface area contributed by atoms with E-state index < -0.39 is 5.91 Å². The van der Waals surface area contributed by atoms with Gasteiger partial charge in [0, 0.05) is 17.2 Å². The molecule has 6 heteroatoms. The summed E-state index contributed by atoms with van der Waals surface area (Å²) in [6, 6.07) is 7.61. The monoisotopic (exact) mass is 322 g/mol. The number of aromatic nitrogens is 2. The van der Waals surface area contributed by atoms with Gasteiger partial charge in [0.1, 0.15) is 5.69 Å². The standard InChI is InChI=1S/C13H15BrN4O/c1-2-16-8-9-3-4-12(10(14)7-9)18-6-5-11(17-18)13(15)19/h3-7,16H,2,8H2,1H3,(H2,15,19). The number of benzene rings is 1. The van der Waals surface area contributed by atoms with E-state index >= 15 is 0 Å². The van der Waals surface area contributed by atoms with Crippen LogP contribution in [0.25, 0.3) is 5.69 Å². The number of rotatable bonds is 5. The molecule has 5 nitrogen and oxygen atoms in total. The van der Waals surface area contributed by atoms with Crippen LogP contribution in [-0.4, -0.2) is 22.2 Å². The number of amides is 1. The van der Waals surface area contributed by atoms with Crippen LogP contribution >= 0.6 is 15.9 Å². The predicted molar refractivity (Wildman–Crippen MR) is 77.2 cm³/mol. The number of primary amides is 1. The molecule has 0 aliphatic heterocycles. The quantitative estimate of drug-likeness (QED) is 0.882. The molecule has 0 radical (unpaired) electrons. The Morgan fingerprint density at radius 3 is 2.84 bits per heavy atom. The molecule has 0 saturated heterocycles. The average Bonchev–Trinajstić information content (AvgIpc) is 2.86. The summed E-state index contributed by atoms with van der Waals surface area (Å²) >= 11 is 3.52. The third-order valence-corrected chi connectivity index (χ3v) is 3.31. The minimum Gasteiger partial charge on any atom is -0.364 e. The highest BCUT2D eigenvalue weighted by molar-refractivity contribution is 9.10. The molecule has 0 saturated carbocycles. The van der Waals surface area contributed by atoms with Crippen molar-refractivity contribution in [2.45, 2.75) is 13.5 Å².